The highest BCUT2D eigenvalue weighted by molar-refractivity contribution is 5.87. The summed E-state index contributed by atoms with van der Waals surface area (Å²) in [4.78, 5) is 38.3. The molecule has 5 rings (SSSR count). The van der Waals surface area contributed by atoms with E-state index >= 15 is 0 Å². The van der Waals surface area contributed by atoms with Gasteiger partial charge in [-0.1, -0.05) is 31.5 Å². The van der Waals surface area contributed by atoms with Crippen LogP contribution in [0.3, 0.4) is 0 Å². The molecule has 0 spiro atoms. The highest BCUT2D eigenvalue weighted by Crippen LogP contribution is 2.36. The van der Waals surface area contributed by atoms with Gasteiger partial charge in [-0.15, -0.1) is 0 Å². The molecule has 2 aromatic carbocycles. The normalized spacial score (nSPS) is 14.8. The lowest BCUT2D eigenvalue weighted by Gasteiger charge is -2.35. The van der Waals surface area contributed by atoms with Crippen molar-refractivity contribution in [2.75, 3.05) is 49.3 Å². The van der Waals surface area contributed by atoms with E-state index in [0.717, 1.165) is 42.0 Å². The number of unbranched alkanes of at least 4 members (excludes halogenated alkanes) is 1. The number of piperazine rings is 1. The Bertz CT molecular complexity index is 1380. The molecule has 2 aliphatic heterocycles. The summed E-state index contributed by atoms with van der Waals surface area (Å²) >= 11 is 0. The van der Waals surface area contributed by atoms with E-state index in [4.69, 9.17) is 9.47 Å². The number of nitro groups is 1. The van der Waals surface area contributed by atoms with Crippen LogP contribution in [-0.4, -0.2) is 70.4 Å². The van der Waals surface area contributed by atoms with Gasteiger partial charge in [0.1, 0.15) is 6.33 Å². The minimum absolute atomic E-state index is 0.128. The van der Waals surface area contributed by atoms with Crippen molar-refractivity contribution in [2.24, 2.45) is 0 Å². The van der Waals surface area contributed by atoms with Gasteiger partial charge < -0.3 is 24.4 Å². The number of benzene rings is 2. The number of carboxylic acid groups (broad SMARTS) is 1. The Hall–Kier alpha value is -4.45. The standard InChI is InChI=1S/C28H32N6O6/c1-2-3-9-33(17-20-5-4-6-22(14-20)28(35)36)27-25(34(37)38)26(29-18-30-27)32-12-10-31(11-13-32)16-21-7-8-23-24(15-21)40-19-39-23/h4-8,14-15,18H,2-3,9-13,16-17,19H2,1H3,(H,35,36). The van der Waals surface area contributed by atoms with Gasteiger partial charge in [0.15, 0.2) is 11.5 Å². The largest absolute Gasteiger partial charge is 0.478 e. The molecule has 1 saturated heterocycles. The van der Waals surface area contributed by atoms with E-state index in [-0.39, 0.29) is 23.9 Å². The number of rotatable bonds is 11. The molecule has 1 N–H and O–H groups in total. The molecular formula is C28H32N6O6. The van der Waals surface area contributed by atoms with Crippen LogP contribution in [0.1, 0.15) is 41.3 Å². The second-order valence-electron chi connectivity index (χ2n) is 9.86. The first kappa shape index (κ1) is 27.1. The number of aromatic nitrogens is 2. The van der Waals surface area contributed by atoms with E-state index < -0.39 is 10.9 Å². The molecule has 0 atom stereocenters. The number of nitrogens with zero attached hydrogens (tertiary/aromatic N) is 6. The molecule has 2 aliphatic rings. The molecule has 12 nitrogen and oxygen atoms in total. The Balaban J connectivity index is 1.34. The van der Waals surface area contributed by atoms with Crippen molar-refractivity contribution >= 4 is 23.3 Å². The van der Waals surface area contributed by atoms with Gasteiger partial charge in [0.2, 0.25) is 18.4 Å². The lowest BCUT2D eigenvalue weighted by atomic mass is 10.1. The van der Waals surface area contributed by atoms with Crippen molar-refractivity contribution < 1.29 is 24.3 Å². The molecule has 0 aliphatic carbocycles. The third-order valence-electron chi connectivity index (χ3n) is 7.11. The average molecular weight is 549 g/mol. The smallest absolute Gasteiger partial charge is 0.353 e. The number of carbonyl (C=O) groups is 1. The SMILES string of the molecule is CCCCN(Cc1cccc(C(=O)O)c1)c1ncnc(N2CCN(Cc3ccc4c(c3)OCO4)CC2)c1[N+](=O)[O-]. The van der Waals surface area contributed by atoms with Gasteiger partial charge in [-0.05, 0) is 41.8 Å². The minimum atomic E-state index is -1.02. The zero-order chi connectivity index (χ0) is 28.1. The van der Waals surface area contributed by atoms with E-state index in [1.54, 1.807) is 12.1 Å². The maximum Gasteiger partial charge on any atom is 0.353 e. The summed E-state index contributed by atoms with van der Waals surface area (Å²) in [5.74, 6) is 1.03. The molecule has 3 aromatic rings. The second kappa shape index (κ2) is 12.2. The molecular weight excluding hydrogens is 516 g/mol. The van der Waals surface area contributed by atoms with Crippen molar-refractivity contribution in [3.63, 3.8) is 0 Å². The van der Waals surface area contributed by atoms with Crippen LogP contribution >= 0.6 is 0 Å². The molecule has 3 heterocycles. The fourth-order valence-corrected chi connectivity index (χ4v) is 5.03. The maximum absolute atomic E-state index is 12.4. The summed E-state index contributed by atoms with van der Waals surface area (Å²) in [6.07, 6.45) is 3.07. The van der Waals surface area contributed by atoms with Crippen LogP contribution < -0.4 is 19.3 Å². The first-order valence-corrected chi connectivity index (χ1v) is 13.4. The predicted molar refractivity (Wildman–Crippen MR) is 148 cm³/mol. The summed E-state index contributed by atoms with van der Waals surface area (Å²) in [6.45, 7) is 6.44. The van der Waals surface area contributed by atoms with E-state index in [9.17, 15) is 20.0 Å². The average Bonchev–Trinajstić information content (AvgIpc) is 3.43. The van der Waals surface area contributed by atoms with Gasteiger partial charge in [0.05, 0.1) is 10.5 Å². The molecule has 0 radical (unpaired) electrons. The zero-order valence-electron chi connectivity index (χ0n) is 22.4. The Morgan fingerprint density at radius 3 is 2.62 bits per heavy atom. The fraction of sp³-hybridized carbons (Fsp3) is 0.393. The highest BCUT2D eigenvalue weighted by atomic mass is 16.7. The van der Waals surface area contributed by atoms with Gasteiger partial charge in [-0.25, -0.2) is 14.8 Å². The molecule has 0 bridgehead atoms. The summed E-state index contributed by atoms with van der Waals surface area (Å²) in [5.41, 5.74) is 1.90. The Kier molecular flexibility index (Phi) is 8.25. The third kappa shape index (κ3) is 6.07. The number of hydrogen-bond donors (Lipinski definition) is 1. The van der Waals surface area contributed by atoms with Crippen LogP contribution in [0.5, 0.6) is 11.5 Å². The zero-order valence-corrected chi connectivity index (χ0v) is 22.4. The Labute approximate surface area is 231 Å². The van der Waals surface area contributed by atoms with Gasteiger partial charge in [-0.3, -0.25) is 15.0 Å². The predicted octanol–water partition coefficient (Wildman–Crippen LogP) is 3.94. The molecule has 210 valence electrons. The molecule has 40 heavy (non-hydrogen) atoms. The van der Waals surface area contributed by atoms with E-state index in [0.29, 0.717) is 45.1 Å². The first-order valence-electron chi connectivity index (χ1n) is 13.4. The van der Waals surface area contributed by atoms with E-state index in [1.807, 2.05) is 41.0 Å². The summed E-state index contributed by atoms with van der Waals surface area (Å²) in [6, 6.07) is 12.6. The first-order chi connectivity index (χ1) is 19.4. The van der Waals surface area contributed by atoms with Gasteiger partial charge in [0.25, 0.3) is 0 Å². The summed E-state index contributed by atoms with van der Waals surface area (Å²) < 4.78 is 10.9. The topological polar surface area (TPSA) is 134 Å². The van der Waals surface area contributed by atoms with Crippen molar-refractivity contribution in [1.29, 1.82) is 0 Å². The molecule has 0 unspecified atom stereocenters. The molecule has 0 saturated carbocycles. The number of fused-ring (bicyclic) bond motifs is 1. The van der Waals surface area contributed by atoms with E-state index in [2.05, 4.69) is 14.9 Å². The molecule has 12 heteroatoms. The number of ether oxygens (including phenoxy) is 2. The van der Waals surface area contributed by atoms with Crippen LogP contribution in [0.2, 0.25) is 0 Å². The van der Waals surface area contributed by atoms with Crippen LogP contribution in [0.15, 0.2) is 48.8 Å². The highest BCUT2D eigenvalue weighted by Gasteiger charge is 2.32. The fourth-order valence-electron chi connectivity index (χ4n) is 5.03. The van der Waals surface area contributed by atoms with Crippen molar-refractivity contribution in [1.82, 2.24) is 14.9 Å². The van der Waals surface area contributed by atoms with Crippen LogP contribution in [-0.2, 0) is 13.1 Å². The number of carboxylic acids is 1. The third-order valence-corrected chi connectivity index (χ3v) is 7.11. The van der Waals surface area contributed by atoms with Crippen LogP contribution in [0.4, 0.5) is 17.3 Å². The van der Waals surface area contributed by atoms with Crippen molar-refractivity contribution in [3.05, 3.63) is 75.6 Å². The number of anilines is 2. The minimum Gasteiger partial charge on any atom is -0.478 e. The van der Waals surface area contributed by atoms with Crippen LogP contribution in [0, 0.1) is 10.1 Å². The van der Waals surface area contributed by atoms with Gasteiger partial charge >= 0.3 is 11.7 Å². The number of hydrogen-bond acceptors (Lipinski definition) is 10. The Morgan fingerprint density at radius 1 is 1.07 bits per heavy atom. The van der Waals surface area contributed by atoms with Crippen molar-refractivity contribution in [3.8, 4) is 11.5 Å². The maximum atomic E-state index is 12.4. The Morgan fingerprint density at radius 2 is 1.88 bits per heavy atom. The lowest BCUT2D eigenvalue weighted by Crippen LogP contribution is -2.46. The second-order valence-corrected chi connectivity index (χ2v) is 9.86. The summed E-state index contributed by atoms with van der Waals surface area (Å²) in [7, 11) is 0. The molecule has 0 amide bonds. The van der Waals surface area contributed by atoms with Gasteiger partial charge in [0, 0.05) is 45.8 Å². The quantitative estimate of drug-likeness (QED) is 0.276. The molecule has 1 fully saturated rings. The monoisotopic (exact) mass is 548 g/mol. The molecule has 1 aromatic heterocycles. The van der Waals surface area contributed by atoms with Gasteiger partial charge in [-0.2, -0.15) is 0 Å². The lowest BCUT2D eigenvalue weighted by molar-refractivity contribution is -0.383. The van der Waals surface area contributed by atoms with E-state index in [1.165, 1.54) is 12.4 Å². The van der Waals surface area contributed by atoms with Crippen LogP contribution in [0.25, 0.3) is 0 Å². The van der Waals surface area contributed by atoms with Crippen molar-refractivity contribution in [2.45, 2.75) is 32.9 Å². The summed E-state index contributed by atoms with van der Waals surface area (Å²) in [5, 5.41) is 21.8. The number of aromatic carboxylic acids is 1.